The van der Waals surface area contributed by atoms with Crippen molar-refractivity contribution in [3.8, 4) is 0 Å². The highest BCUT2D eigenvalue weighted by Gasteiger charge is 2.27. The number of aryl methyl sites for hydroxylation is 1. The van der Waals surface area contributed by atoms with Gasteiger partial charge in [-0.3, -0.25) is 43.3 Å². The molecule has 79 heavy (non-hydrogen) atoms. The molecule has 1 saturated heterocycles. The first-order valence-corrected chi connectivity index (χ1v) is 27.8. The van der Waals surface area contributed by atoms with Crippen LogP contribution < -0.4 is 43.8 Å². The molecular weight excluding hydrogens is 1050 g/mol. The maximum absolute atomic E-state index is 13.2. The molecule has 0 spiro atoms. The van der Waals surface area contributed by atoms with Gasteiger partial charge in [0.1, 0.15) is 11.6 Å². The molecule has 3 heterocycles. The van der Waals surface area contributed by atoms with E-state index in [0.29, 0.717) is 52.5 Å². The minimum atomic E-state index is -1.24. The number of nitrogens with one attached hydrogen (secondary N) is 5. The minimum Gasteiger partial charge on any atom is -0.481 e. The number of amides is 6. The topological polar surface area (TPSA) is 369 Å². The quantitative estimate of drug-likeness (QED) is 0.0328. The molecule has 0 aliphatic carbocycles. The molecule has 1 aliphatic heterocycles. The van der Waals surface area contributed by atoms with Crippen molar-refractivity contribution < 1.29 is 62.4 Å². The first kappa shape index (κ1) is 65.0. The summed E-state index contributed by atoms with van der Waals surface area (Å²) >= 11 is 0.865. The standard InChI is InChI=1S/C52H81N13O13S/c1-3-4-5-13-57-50-48-40(61-52(55)62-50)11-16-65(48)34-38-7-6-37(29-36(38)2)33-63-17-19-64(20-18-63)46(70)10-14-58-51(74)42(30-47(71)72)79-35-41(49(54)73)60-44(68)12-21-75-23-25-77-27-28-78-26-24-76-22-15-56-43(67)9-8-39(66)32-59-45(69)31-53/h6-7,11,16,29,41-42H,3-5,8-10,12-15,17-28,30-35,53H2,1-2H3,(H2,54,73)(H,56,67)(H,58,74)(H,59,69)(H,60,68)(H,71,72)(H3,55,57,61,62). The highest BCUT2D eigenvalue weighted by atomic mass is 32.2. The molecule has 2 atom stereocenters. The van der Waals surface area contributed by atoms with Crippen molar-refractivity contribution in [2.45, 2.75) is 89.6 Å². The normalized spacial score (nSPS) is 13.4. The number of fused-ring (bicyclic) bond motifs is 1. The number of nitrogens with zero attached hydrogens (tertiary/aromatic N) is 5. The molecule has 4 rings (SSSR count). The number of piperazine rings is 1. The van der Waals surface area contributed by atoms with Crippen LogP contribution in [0.3, 0.4) is 0 Å². The molecule has 1 aliphatic rings. The smallest absolute Gasteiger partial charge is 0.305 e. The van der Waals surface area contributed by atoms with Crippen molar-refractivity contribution in [3.05, 3.63) is 47.2 Å². The fraction of sp³-hybridized carbons (Fsp3) is 0.615. The van der Waals surface area contributed by atoms with Crippen LogP contribution in [0, 0.1) is 6.92 Å². The molecule has 0 saturated carbocycles. The lowest BCUT2D eigenvalue weighted by Crippen LogP contribution is -2.49. The summed E-state index contributed by atoms with van der Waals surface area (Å²) in [6.07, 6.45) is 4.66. The van der Waals surface area contributed by atoms with Gasteiger partial charge in [0.2, 0.25) is 41.4 Å². The molecule has 2 unspecified atom stereocenters. The lowest BCUT2D eigenvalue weighted by atomic mass is 10.0. The Bertz CT molecular complexity index is 2440. The van der Waals surface area contributed by atoms with Gasteiger partial charge in [-0.2, -0.15) is 4.98 Å². The minimum absolute atomic E-state index is 0.00102. The number of aromatic nitrogens is 3. The zero-order chi connectivity index (χ0) is 57.4. The Morgan fingerprint density at radius 2 is 1.46 bits per heavy atom. The molecule has 1 fully saturated rings. The van der Waals surface area contributed by atoms with Crippen LogP contribution in [0.2, 0.25) is 0 Å². The second-order valence-corrected chi connectivity index (χ2v) is 19.9. The van der Waals surface area contributed by atoms with E-state index in [-0.39, 0.29) is 114 Å². The summed E-state index contributed by atoms with van der Waals surface area (Å²) in [7, 11) is 0. The molecule has 3 aromatic rings. The molecule has 6 amide bonds. The summed E-state index contributed by atoms with van der Waals surface area (Å²) < 4.78 is 23.9. The van der Waals surface area contributed by atoms with Gasteiger partial charge < -0.3 is 77.3 Å². The molecule has 26 nitrogen and oxygen atoms in total. The van der Waals surface area contributed by atoms with E-state index < -0.39 is 47.3 Å². The molecule has 1 aromatic carbocycles. The number of carboxylic acids is 1. The predicted molar refractivity (Wildman–Crippen MR) is 297 cm³/mol. The largest absolute Gasteiger partial charge is 0.481 e. The van der Waals surface area contributed by atoms with E-state index in [0.717, 1.165) is 66.5 Å². The number of carbonyl (C=O) groups is 8. The second-order valence-electron chi connectivity index (χ2n) is 18.7. The summed E-state index contributed by atoms with van der Waals surface area (Å²) in [4.78, 5) is 110. The third-order valence-electron chi connectivity index (χ3n) is 12.5. The summed E-state index contributed by atoms with van der Waals surface area (Å²) in [5.41, 5.74) is 21.9. The molecule has 2 aromatic heterocycles. The van der Waals surface area contributed by atoms with Crippen molar-refractivity contribution in [1.29, 1.82) is 0 Å². The van der Waals surface area contributed by atoms with E-state index in [2.05, 4.69) is 78.1 Å². The highest BCUT2D eigenvalue weighted by Crippen LogP contribution is 2.25. The van der Waals surface area contributed by atoms with E-state index >= 15 is 0 Å². The number of rotatable bonds is 41. The summed E-state index contributed by atoms with van der Waals surface area (Å²) in [6, 6.07) is 7.26. The molecule has 0 bridgehead atoms. The van der Waals surface area contributed by atoms with Gasteiger partial charge in [-0.25, -0.2) is 4.98 Å². The number of nitrogens with two attached hydrogens (primary N) is 3. The van der Waals surface area contributed by atoms with Crippen molar-refractivity contribution in [2.24, 2.45) is 11.5 Å². The fourth-order valence-electron chi connectivity index (χ4n) is 8.10. The molecule has 438 valence electrons. The van der Waals surface area contributed by atoms with E-state index in [4.69, 9.17) is 36.1 Å². The number of Topliss-reactive ketones (excluding diaryl/α,β-unsaturated/α-hetero) is 1. The number of ketones is 1. The molecular formula is C52H81N13O13S. The Kier molecular flexibility index (Phi) is 30.2. The number of primary amides is 1. The molecule has 0 radical (unpaired) electrons. The number of nitrogen functional groups attached to an aromatic ring is 1. The summed E-state index contributed by atoms with van der Waals surface area (Å²) in [5, 5.41) is 22.0. The maximum Gasteiger partial charge on any atom is 0.305 e. The number of ether oxygens (including phenoxy) is 4. The number of aliphatic carboxylic acids is 1. The Hall–Kier alpha value is -6.49. The number of benzene rings is 1. The zero-order valence-electron chi connectivity index (χ0n) is 45.6. The summed E-state index contributed by atoms with van der Waals surface area (Å²) in [6.45, 7) is 10.6. The number of carbonyl (C=O) groups excluding carboxylic acids is 7. The van der Waals surface area contributed by atoms with Crippen LogP contribution in [-0.2, 0) is 70.4 Å². The van der Waals surface area contributed by atoms with Gasteiger partial charge in [-0.1, -0.05) is 38.0 Å². The Balaban J connectivity index is 1.04. The predicted octanol–water partition coefficient (Wildman–Crippen LogP) is -0.334. The van der Waals surface area contributed by atoms with Crippen LogP contribution in [-0.4, -0.2) is 205 Å². The number of carboxylic acid groups (broad SMARTS) is 1. The van der Waals surface area contributed by atoms with E-state index in [1.165, 1.54) is 11.1 Å². The average Bonchev–Trinajstić information content (AvgIpc) is 4.02. The monoisotopic (exact) mass is 1130 g/mol. The van der Waals surface area contributed by atoms with Gasteiger partial charge in [-0.05, 0) is 36.1 Å². The lowest BCUT2D eigenvalue weighted by Gasteiger charge is -2.35. The van der Waals surface area contributed by atoms with Gasteiger partial charge in [0.15, 0.2) is 11.6 Å². The highest BCUT2D eigenvalue weighted by molar-refractivity contribution is 8.00. The van der Waals surface area contributed by atoms with Gasteiger partial charge >= 0.3 is 5.97 Å². The third kappa shape index (κ3) is 25.5. The molecule has 27 heteroatoms. The Morgan fingerprint density at radius 1 is 0.759 bits per heavy atom. The zero-order valence-corrected chi connectivity index (χ0v) is 46.4. The van der Waals surface area contributed by atoms with Crippen molar-refractivity contribution in [2.75, 3.05) is 129 Å². The van der Waals surface area contributed by atoms with Crippen LogP contribution in [0.5, 0.6) is 0 Å². The van der Waals surface area contributed by atoms with E-state index in [9.17, 15) is 43.5 Å². The van der Waals surface area contributed by atoms with Crippen LogP contribution in [0.25, 0.3) is 11.0 Å². The average molecular weight is 1130 g/mol. The first-order valence-electron chi connectivity index (χ1n) is 26.8. The first-order chi connectivity index (χ1) is 38.1. The Morgan fingerprint density at radius 3 is 2.11 bits per heavy atom. The van der Waals surface area contributed by atoms with Crippen LogP contribution in [0.4, 0.5) is 11.8 Å². The van der Waals surface area contributed by atoms with Crippen molar-refractivity contribution in [1.82, 2.24) is 45.6 Å². The molecule has 12 N–H and O–H groups in total. The van der Waals surface area contributed by atoms with Gasteiger partial charge in [0, 0.05) is 96.5 Å². The van der Waals surface area contributed by atoms with Gasteiger partial charge in [-0.15, -0.1) is 11.8 Å². The maximum atomic E-state index is 13.2. The number of thioether (sulfide) groups is 1. The summed E-state index contributed by atoms with van der Waals surface area (Å²) in [5.74, 6) is -3.61. The van der Waals surface area contributed by atoms with Crippen LogP contribution in [0.1, 0.15) is 75.0 Å². The number of hydrogen-bond acceptors (Lipinski definition) is 19. The Labute approximate surface area is 465 Å². The lowest BCUT2D eigenvalue weighted by molar-refractivity contribution is -0.138. The fourth-order valence-corrected chi connectivity index (χ4v) is 9.27. The van der Waals surface area contributed by atoms with E-state index in [1.54, 1.807) is 4.90 Å². The van der Waals surface area contributed by atoms with Crippen molar-refractivity contribution >= 4 is 81.8 Å². The van der Waals surface area contributed by atoms with Crippen LogP contribution in [0.15, 0.2) is 30.5 Å². The number of hydrogen-bond donors (Lipinski definition) is 9. The third-order valence-corrected chi connectivity index (χ3v) is 13.8. The van der Waals surface area contributed by atoms with Gasteiger partial charge in [0.25, 0.3) is 0 Å². The SMILES string of the molecule is CCCCCNc1nc(N)nc2ccn(Cc3ccc(CN4CCN(C(=O)CCNC(=O)C(CC(=O)O)SCC(NC(=O)CCOCCOCCOCCOCCNC(=O)CCC(=O)CNC(=O)CN)C(N)=O)CC4)cc3C)c12. The number of unbranched alkanes of at least 4 members (excludes halogenated alkanes) is 2. The van der Waals surface area contributed by atoms with Crippen molar-refractivity contribution in [3.63, 3.8) is 0 Å². The second kappa shape index (κ2) is 36.6. The van der Waals surface area contributed by atoms with Gasteiger partial charge in [0.05, 0.1) is 83.1 Å². The number of anilines is 2. The van der Waals surface area contributed by atoms with E-state index in [1.807, 2.05) is 12.3 Å². The van der Waals surface area contributed by atoms with Crippen LogP contribution >= 0.6 is 11.8 Å².